The van der Waals surface area contributed by atoms with E-state index < -0.39 is 0 Å². The van der Waals surface area contributed by atoms with E-state index in [2.05, 4.69) is 20.6 Å². The third kappa shape index (κ3) is 6.96. The van der Waals surface area contributed by atoms with Gasteiger partial charge in [0.25, 0.3) is 11.8 Å². The molecule has 0 aliphatic carbocycles. The van der Waals surface area contributed by atoms with Crippen LogP contribution in [0, 0.1) is 0 Å². The second-order valence-corrected chi connectivity index (χ2v) is 8.81. The number of nitrogens with zero attached hydrogens (tertiary/aromatic N) is 3. The summed E-state index contributed by atoms with van der Waals surface area (Å²) < 4.78 is 0. The summed E-state index contributed by atoms with van der Waals surface area (Å²) in [5.74, 6) is -0.191. The van der Waals surface area contributed by atoms with Crippen molar-refractivity contribution in [3.63, 3.8) is 0 Å². The van der Waals surface area contributed by atoms with E-state index in [4.69, 9.17) is 0 Å². The number of aromatic nitrogens is 2. The van der Waals surface area contributed by atoms with E-state index in [1.165, 1.54) is 12.8 Å². The predicted octanol–water partition coefficient (Wildman–Crippen LogP) is 4.15. The highest BCUT2D eigenvalue weighted by molar-refractivity contribution is 6.06. The van der Waals surface area contributed by atoms with Gasteiger partial charge in [0, 0.05) is 61.6 Å². The molecule has 7 nitrogen and oxygen atoms in total. The number of carbonyl (C=O) groups is 2. The van der Waals surface area contributed by atoms with Gasteiger partial charge in [-0.2, -0.15) is 0 Å². The van der Waals surface area contributed by atoms with Crippen molar-refractivity contribution in [3.8, 4) is 0 Å². The van der Waals surface area contributed by atoms with Gasteiger partial charge in [-0.15, -0.1) is 0 Å². The van der Waals surface area contributed by atoms with Gasteiger partial charge in [0.15, 0.2) is 0 Å². The van der Waals surface area contributed by atoms with Gasteiger partial charge in [0.1, 0.15) is 0 Å². The minimum absolute atomic E-state index is 0.0658. The molecule has 3 heterocycles. The molecule has 0 bridgehead atoms. The number of amides is 2. The maximum absolute atomic E-state index is 13.5. The molecule has 3 aromatic rings. The average Bonchev–Trinajstić information content (AvgIpc) is 2.90. The first-order valence-corrected chi connectivity index (χ1v) is 12.5. The fraction of sp³-hybridized carbons (Fsp3) is 0.357. The van der Waals surface area contributed by atoms with Crippen molar-refractivity contribution in [2.75, 3.05) is 24.5 Å². The molecule has 0 spiro atoms. The van der Waals surface area contributed by atoms with Crippen LogP contribution in [0.4, 0.5) is 5.69 Å². The molecule has 1 aliphatic rings. The highest BCUT2D eigenvalue weighted by Gasteiger charge is 2.22. The Labute approximate surface area is 207 Å². The topological polar surface area (TPSA) is 87.2 Å². The van der Waals surface area contributed by atoms with Crippen LogP contribution in [-0.4, -0.2) is 41.4 Å². The molecule has 1 aromatic carbocycles. The lowest BCUT2D eigenvalue weighted by molar-refractivity contribution is 0.0952. The van der Waals surface area contributed by atoms with Crippen molar-refractivity contribution in [1.29, 1.82) is 0 Å². The van der Waals surface area contributed by atoms with E-state index in [-0.39, 0.29) is 11.8 Å². The second kappa shape index (κ2) is 12.8. The van der Waals surface area contributed by atoms with Crippen molar-refractivity contribution >= 4 is 17.5 Å². The molecule has 0 saturated carbocycles. The molecule has 0 fully saturated rings. The van der Waals surface area contributed by atoms with Crippen molar-refractivity contribution in [1.82, 2.24) is 20.6 Å². The number of benzene rings is 1. The zero-order valence-corrected chi connectivity index (χ0v) is 20.1. The van der Waals surface area contributed by atoms with Crippen LogP contribution in [0.2, 0.25) is 0 Å². The van der Waals surface area contributed by atoms with E-state index in [0.29, 0.717) is 37.2 Å². The van der Waals surface area contributed by atoms with Gasteiger partial charge < -0.3 is 15.5 Å². The molecule has 0 saturated heterocycles. The number of rotatable bonds is 5. The Morgan fingerprint density at radius 2 is 1.83 bits per heavy atom. The van der Waals surface area contributed by atoms with Crippen LogP contribution in [0.25, 0.3) is 0 Å². The Hall–Kier alpha value is -3.58. The summed E-state index contributed by atoms with van der Waals surface area (Å²) in [5, 5.41) is 6.49. The Bertz CT molecular complexity index is 1100. The monoisotopic (exact) mass is 471 g/mol. The minimum atomic E-state index is -0.125. The van der Waals surface area contributed by atoms with Gasteiger partial charge in [0.05, 0.1) is 5.56 Å². The quantitative estimate of drug-likeness (QED) is 0.584. The lowest BCUT2D eigenvalue weighted by Gasteiger charge is -2.26. The van der Waals surface area contributed by atoms with Crippen LogP contribution in [0.3, 0.4) is 0 Å². The molecule has 35 heavy (non-hydrogen) atoms. The number of hydrogen-bond acceptors (Lipinski definition) is 5. The lowest BCUT2D eigenvalue weighted by atomic mass is 10.0. The van der Waals surface area contributed by atoms with Gasteiger partial charge in [-0.1, -0.05) is 25.3 Å². The van der Waals surface area contributed by atoms with Crippen molar-refractivity contribution in [2.24, 2.45) is 0 Å². The summed E-state index contributed by atoms with van der Waals surface area (Å²) in [4.78, 5) is 36.6. The van der Waals surface area contributed by atoms with E-state index >= 15 is 0 Å². The number of hydrogen-bond donors (Lipinski definition) is 2. The van der Waals surface area contributed by atoms with Crippen LogP contribution in [0.1, 0.15) is 64.1 Å². The second-order valence-electron chi connectivity index (χ2n) is 8.81. The van der Waals surface area contributed by atoms with Gasteiger partial charge in [0.2, 0.25) is 0 Å². The highest BCUT2D eigenvalue weighted by Crippen LogP contribution is 2.25. The summed E-state index contributed by atoms with van der Waals surface area (Å²) in [7, 11) is 0. The largest absolute Gasteiger partial charge is 0.352 e. The fourth-order valence-electron chi connectivity index (χ4n) is 4.33. The molecule has 0 atom stereocenters. The average molecular weight is 472 g/mol. The van der Waals surface area contributed by atoms with Crippen LogP contribution in [0.5, 0.6) is 0 Å². The van der Waals surface area contributed by atoms with Crippen molar-refractivity contribution in [2.45, 2.75) is 45.1 Å². The Morgan fingerprint density at radius 1 is 0.943 bits per heavy atom. The third-order valence-electron chi connectivity index (χ3n) is 6.23. The van der Waals surface area contributed by atoms with Crippen LogP contribution in [-0.2, 0) is 13.0 Å². The molecule has 1 aliphatic heterocycles. The molecule has 182 valence electrons. The lowest BCUT2D eigenvalue weighted by Crippen LogP contribution is -2.34. The fourth-order valence-corrected chi connectivity index (χ4v) is 4.33. The number of carbonyl (C=O) groups excluding carboxylic acids is 2. The molecule has 2 N–H and O–H groups in total. The molecule has 4 rings (SSSR count). The summed E-state index contributed by atoms with van der Waals surface area (Å²) >= 11 is 0. The van der Waals surface area contributed by atoms with Crippen molar-refractivity contribution in [3.05, 3.63) is 89.5 Å². The summed E-state index contributed by atoms with van der Waals surface area (Å²) in [6.07, 6.45) is 11.2. The third-order valence-corrected chi connectivity index (χ3v) is 6.23. The first-order chi connectivity index (χ1) is 17.2. The van der Waals surface area contributed by atoms with Gasteiger partial charge >= 0.3 is 0 Å². The maximum atomic E-state index is 13.5. The summed E-state index contributed by atoms with van der Waals surface area (Å²) in [6.45, 7) is 2.66. The van der Waals surface area contributed by atoms with Crippen molar-refractivity contribution < 1.29 is 9.59 Å². The molecule has 2 aromatic heterocycles. The standard InChI is InChI=1S/C28H33N5O2/c34-27(32-17-13-25-10-4-6-16-31-25)22-11-12-26-24(19-22)21-29-14-5-2-1-3-7-18-33(26)28(35)23-9-8-15-30-20-23/h4,6,8-12,15-16,19-20,29H,1-3,5,7,13-14,17-18,21H2,(H,32,34). The minimum Gasteiger partial charge on any atom is -0.352 e. The zero-order chi connectivity index (χ0) is 24.3. The summed E-state index contributed by atoms with van der Waals surface area (Å²) in [5.41, 5.74) is 3.89. The number of nitrogens with one attached hydrogen (secondary N) is 2. The van der Waals surface area contributed by atoms with Gasteiger partial charge in [-0.25, -0.2) is 0 Å². The first-order valence-electron chi connectivity index (χ1n) is 12.5. The van der Waals surface area contributed by atoms with E-state index in [1.54, 1.807) is 30.7 Å². The molecule has 0 unspecified atom stereocenters. The molecular weight excluding hydrogens is 438 g/mol. The molecule has 7 heteroatoms. The number of fused-ring (bicyclic) bond motifs is 1. The molecular formula is C28H33N5O2. The van der Waals surface area contributed by atoms with Gasteiger partial charge in [-0.3, -0.25) is 19.6 Å². The van der Waals surface area contributed by atoms with Crippen LogP contribution < -0.4 is 15.5 Å². The van der Waals surface area contributed by atoms with Gasteiger partial charge in [-0.05, 0) is 67.4 Å². The Morgan fingerprint density at radius 3 is 2.66 bits per heavy atom. The SMILES string of the molecule is O=C(NCCc1ccccn1)c1ccc2c(c1)CNCCCCCCCN2C(=O)c1cccnc1. The highest BCUT2D eigenvalue weighted by atomic mass is 16.2. The van der Waals surface area contributed by atoms with Crippen LogP contribution >= 0.6 is 0 Å². The maximum Gasteiger partial charge on any atom is 0.259 e. The van der Waals surface area contributed by atoms with E-state index in [1.807, 2.05) is 41.3 Å². The molecule has 0 radical (unpaired) electrons. The first kappa shape index (κ1) is 24.5. The predicted molar refractivity (Wildman–Crippen MR) is 137 cm³/mol. The zero-order valence-electron chi connectivity index (χ0n) is 20.1. The Kier molecular flexibility index (Phi) is 8.95. The molecule has 2 amide bonds. The number of anilines is 1. The summed E-state index contributed by atoms with van der Waals surface area (Å²) in [6, 6.07) is 15.0. The normalized spacial score (nSPS) is 14.8. The number of pyridine rings is 2. The van der Waals surface area contributed by atoms with E-state index in [0.717, 1.165) is 42.8 Å². The van der Waals surface area contributed by atoms with E-state index in [9.17, 15) is 9.59 Å². The Balaban J connectivity index is 1.55. The van der Waals surface area contributed by atoms with Crippen LogP contribution in [0.15, 0.2) is 67.1 Å². The smallest absolute Gasteiger partial charge is 0.259 e.